The second-order valence-electron chi connectivity index (χ2n) is 7.56. The van der Waals surface area contributed by atoms with Gasteiger partial charge in [0.25, 0.3) is 0 Å². The SMILES string of the molecule is COc1cccc(CN2CCN(c3nc4nonc4nc3N3CCCC3)CC2=O)c1. The maximum atomic E-state index is 12.9. The van der Waals surface area contributed by atoms with Gasteiger partial charge >= 0.3 is 0 Å². The van der Waals surface area contributed by atoms with Crippen LogP contribution in [0.15, 0.2) is 28.9 Å². The quantitative estimate of drug-likeness (QED) is 0.620. The molecule has 1 aromatic carbocycles. The molecule has 10 heteroatoms. The Kier molecular flexibility index (Phi) is 4.82. The van der Waals surface area contributed by atoms with Crippen molar-refractivity contribution >= 4 is 28.8 Å². The molecule has 30 heavy (non-hydrogen) atoms. The summed E-state index contributed by atoms with van der Waals surface area (Å²) in [6.07, 6.45) is 2.23. The third kappa shape index (κ3) is 3.49. The van der Waals surface area contributed by atoms with Crippen LogP contribution in [0.25, 0.3) is 11.3 Å². The minimum absolute atomic E-state index is 0.0524. The highest BCUT2D eigenvalue weighted by molar-refractivity contribution is 5.85. The van der Waals surface area contributed by atoms with Gasteiger partial charge in [0.1, 0.15) is 5.75 Å². The standard InChI is InChI=1S/C20H23N7O3/c1-29-15-6-4-5-14(11-15)12-26-9-10-27(13-16(26)28)20-19(25-7-2-3-8-25)21-17-18(22-20)24-30-23-17/h4-6,11H,2-3,7-10,12-13H2,1H3. The molecule has 2 saturated heterocycles. The first-order chi connectivity index (χ1) is 14.7. The molecule has 0 aliphatic carbocycles. The number of anilines is 2. The van der Waals surface area contributed by atoms with Gasteiger partial charge < -0.3 is 19.4 Å². The number of rotatable bonds is 5. The van der Waals surface area contributed by atoms with Crippen molar-refractivity contribution in [2.24, 2.45) is 0 Å². The Morgan fingerprint density at radius 3 is 2.43 bits per heavy atom. The number of aromatic nitrogens is 4. The summed E-state index contributed by atoms with van der Waals surface area (Å²) in [7, 11) is 1.64. The normalized spacial score (nSPS) is 17.2. The lowest BCUT2D eigenvalue weighted by Crippen LogP contribution is -2.50. The molecular weight excluding hydrogens is 386 g/mol. The summed E-state index contributed by atoms with van der Waals surface area (Å²) in [4.78, 5) is 28.3. The molecule has 0 radical (unpaired) electrons. The summed E-state index contributed by atoms with van der Waals surface area (Å²) in [5.41, 5.74) is 1.80. The molecule has 2 aliphatic rings. The fraction of sp³-hybridized carbons (Fsp3) is 0.450. The van der Waals surface area contributed by atoms with Gasteiger partial charge in [-0.05, 0) is 40.9 Å². The van der Waals surface area contributed by atoms with E-state index in [1.807, 2.05) is 34.1 Å². The van der Waals surface area contributed by atoms with Gasteiger partial charge in [-0.15, -0.1) is 0 Å². The number of nitrogens with zero attached hydrogens (tertiary/aromatic N) is 7. The zero-order chi connectivity index (χ0) is 20.5. The maximum absolute atomic E-state index is 12.9. The molecule has 0 N–H and O–H groups in total. The predicted octanol–water partition coefficient (Wildman–Crippen LogP) is 1.47. The van der Waals surface area contributed by atoms with Crippen LogP contribution in [0.3, 0.4) is 0 Å². The third-order valence-electron chi connectivity index (χ3n) is 5.61. The van der Waals surface area contributed by atoms with E-state index in [-0.39, 0.29) is 12.5 Å². The van der Waals surface area contributed by atoms with E-state index in [0.29, 0.717) is 36.7 Å². The van der Waals surface area contributed by atoms with Crippen LogP contribution in [0.2, 0.25) is 0 Å². The number of fused-ring (bicyclic) bond motifs is 1. The third-order valence-corrected chi connectivity index (χ3v) is 5.61. The average Bonchev–Trinajstić information content (AvgIpc) is 3.46. The van der Waals surface area contributed by atoms with Crippen molar-refractivity contribution in [1.29, 1.82) is 0 Å². The summed E-state index contributed by atoms with van der Waals surface area (Å²) in [6.45, 7) is 3.91. The van der Waals surface area contributed by atoms with Gasteiger partial charge in [0.05, 0.1) is 13.7 Å². The molecule has 0 saturated carbocycles. The number of benzene rings is 1. The molecule has 2 fully saturated rings. The predicted molar refractivity (Wildman–Crippen MR) is 109 cm³/mol. The van der Waals surface area contributed by atoms with Crippen molar-refractivity contribution in [2.75, 3.05) is 49.6 Å². The first-order valence-corrected chi connectivity index (χ1v) is 10.1. The highest BCUT2D eigenvalue weighted by atomic mass is 16.6. The van der Waals surface area contributed by atoms with Crippen molar-refractivity contribution in [3.8, 4) is 5.75 Å². The number of hydrogen-bond acceptors (Lipinski definition) is 9. The summed E-state index contributed by atoms with van der Waals surface area (Å²) in [5.74, 6) is 2.27. The van der Waals surface area contributed by atoms with Gasteiger partial charge in [0.2, 0.25) is 17.2 Å². The van der Waals surface area contributed by atoms with E-state index in [1.54, 1.807) is 7.11 Å². The second-order valence-corrected chi connectivity index (χ2v) is 7.56. The van der Waals surface area contributed by atoms with Crippen LogP contribution in [0, 0.1) is 0 Å². The zero-order valence-corrected chi connectivity index (χ0v) is 16.8. The van der Waals surface area contributed by atoms with Crippen LogP contribution in [-0.2, 0) is 11.3 Å². The maximum Gasteiger partial charge on any atom is 0.245 e. The van der Waals surface area contributed by atoms with Crippen molar-refractivity contribution < 1.29 is 14.2 Å². The number of methoxy groups -OCH3 is 1. The number of hydrogen-bond donors (Lipinski definition) is 0. The summed E-state index contributed by atoms with van der Waals surface area (Å²) >= 11 is 0. The molecule has 156 valence electrons. The zero-order valence-electron chi connectivity index (χ0n) is 16.8. The molecule has 2 aromatic heterocycles. The second kappa shape index (κ2) is 7.77. The number of amides is 1. The van der Waals surface area contributed by atoms with Crippen molar-refractivity contribution in [3.05, 3.63) is 29.8 Å². The molecule has 0 atom stereocenters. The molecule has 0 bridgehead atoms. The largest absolute Gasteiger partial charge is 0.497 e. The molecule has 3 aromatic rings. The number of carbonyl (C=O) groups is 1. The minimum Gasteiger partial charge on any atom is -0.497 e. The van der Waals surface area contributed by atoms with E-state index in [9.17, 15) is 4.79 Å². The van der Waals surface area contributed by atoms with Crippen molar-refractivity contribution in [2.45, 2.75) is 19.4 Å². The number of carbonyl (C=O) groups excluding carboxylic acids is 1. The van der Waals surface area contributed by atoms with Crippen LogP contribution in [0.4, 0.5) is 11.6 Å². The molecule has 5 rings (SSSR count). The molecule has 0 spiro atoms. The highest BCUT2D eigenvalue weighted by Gasteiger charge is 2.30. The highest BCUT2D eigenvalue weighted by Crippen LogP contribution is 2.30. The van der Waals surface area contributed by atoms with E-state index >= 15 is 0 Å². The Balaban J connectivity index is 1.37. The Bertz CT molecular complexity index is 1060. The lowest BCUT2D eigenvalue weighted by molar-refractivity contribution is -0.131. The van der Waals surface area contributed by atoms with Crippen LogP contribution in [0.5, 0.6) is 5.75 Å². The van der Waals surface area contributed by atoms with Crippen LogP contribution < -0.4 is 14.5 Å². The first kappa shape index (κ1) is 18.6. The number of ether oxygens (including phenoxy) is 1. The van der Waals surface area contributed by atoms with E-state index in [0.717, 1.165) is 43.1 Å². The molecule has 4 heterocycles. The van der Waals surface area contributed by atoms with E-state index < -0.39 is 0 Å². The summed E-state index contributed by atoms with van der Waals surface area (Å²) < 4.78 is 10.1. The van der Waals surface area contributed by atoms with Gasteiger partial charge in [0.15, 0.2) is 11.6 Å². The fourth-order valence-corrected chi connectivity index (χ4v) is 4.02. The van der Waals surface area contributed by atoms with Gasteiger partial charge in [0, 0.05) is 32.7 Å². The Morgan fingerprint density at radius 1 is 1.00 bits per heavy atom. The monoisotopic (exact) mass is 409 g/mol. The summed E-state index contributed by atoms with van der Waals surface area (Å²) in [6, 6.07) is 7.80. The van der Waals surface area contributed by atoms with Gasteiger partial charge in [-0.25, -0.2) is 14.6 Å². The first-order valence-electron chi connectivity index (χ1n) is 10.1. The molecular formula is C20H23N7O3. The van der Waals surface area contributed by atoms with Gasteiger partial charge in [-0.3, -0.25) is 4.79 Å². The molecule has 2 aliphatic heterocycles. The van der Waals surface area contributed by atoms with E-state index in [4.69, 9.17) is 9.37 Å². The Hall–Kier alpha value is -3.43. The van der Waals surface area contributed by atoms with Crippen LogP contribution in [-0.4, -0.2) is 70.9 Å². The molecule has 1 amide bonds. The smallest absolute Gasteiger partial charge is 0.245 e. The van der Waals surface area contributed by atoms with E-state index in [1.165, 1.54) is 0 Å². The van der Waals surface area contributed by atoms with E-state index in [2.05, 4.69) is 25.2 Å². The fourth-order valence-electron chi connectivity index (χ4n) is 4.02. The minimum atomic E-state index is 0.0524. The average molecular weight is 409 g/mol. The summed E-state index contributed by atoms with van der Waals surface area (Å²) in [5, 5.41) is 7.67. The van der Waals surface area contributed by atoms with Crippen molar-refractivity contribution in [1.82, 2.24) is 25.2 Å². The lowest BCUT2D eigenvalue weighted by atomic mass is 10.2. The van der Waals surface area contributed by atoms with Crippen LogP contribution in [0.1, 0.15) is 18.4 Å². The Labute approximate surface area is 173 Å². The van der Waals surface area contributed by atoms with Crippen LogP contribution >= 0.6 is 0 Å². The molecule has 10 nitrogen and oxygen atoms in total. The van der Waals surface area contributed by atoms with Gasteiger partial charge in [-0.1, -0.05) is 12.1 Å². The number of piperazine rings is 1. The topological polar surface area (TPSA) is 101 Å². The molecule has 0 unspecified atom stereocenters. The van der Waals surface area contributed by atoms with Gasteiger partial charge in [-0.2, -0.15) is 0 Å². The Morgan fingerprint density at radius 2 is 1.73 bits per heavy atom. The lowest BCUT2D eigenvalue weighted by Gasteiger charge is -2.36. The van der Waals surface area contributed by atoms with Crippen molar-refractivity contribution in [3.63, 3.8) is 0 Å².